The van der Waals surface area contributed by atoms with Crippen molar-refractivity contribution in [3.63, 3.8) is 0 Å². The molecule has 0 bridgehead atoms. The molecule has 2 rings (SSSR count). The standard InChI is InChI=1S/C11H16N4O2/c1-9-10(7-13(2)12-9)11(17)15-5-3-14(8-16)4-6-15/h7-8H,3-6H2,1-2H3. The number of aromatic nitrogens is 2. The smallest absolute Gasteiger partial charge is 0.257 e. The molecule has 0 aromatic carbocycles. The largest absolute Gasteiger partial charge is 0.342 e. The number of rotatable bonds is 2. The van der Waals surface area contributed by atoms with Crippen LogP contribution in [0.3, 0.4) is 0 Å². The highest BCUT2D eigenvalue weighted by molar-refractivity contribution is 5.95. The molecule has 6 nitrogen and oxygen atoms in total. The molecule has 17 heavy (non-hydrogen) atoms. The first-order valence-corrected chi connectivity index (χ1v) is 5.60. The zero-order valence-corrected chi connectivity index (χ0v) is 10.1. The van der Waals surface area contributed by atoms with Crippen molar-refractivity contribution in [1.82, 2.24) is 19.6 Å². The second-order valence-corrected chi connectivity index (χ2v) is 4.24. The van der Waals surface area contributed by atoms with E-state index in [0.29, 0.717) is 31.7 Å². The normalized spacial score (nSPS) is 16.1. The third-order valence-electron chi connectivity index (χ3n) is 2.99. The number of nitrogens with zero attached hydrogens (tertiary/aromatic N) is 4. The Labute approximate surface area is 99.8 Å². The zero-order chi connectivity index (χ0) is 12.4. The molecule has 1 aliphatic heterocycles. The summed E-state index contributed by atoms with van der Waals surface area (Å²) in [7, 11) is 1.80. The quantitative estimate of drug-likeness (QED) is 0.659. The van der Waals surface area contributed by atoms with Gasteiger partial charge in [0.2, 0.25) is 6.41 Å². The minimum atomic E-state index is 0.00106. The van der Waals surface area contributed by atoms with Crippen LogP contribution in [0.1, 0.15) is 16.1 Å². The van der Waals surface area contributed by atoms with E-state index in [4.69, 9.17) is 0 Å². The number of piperazine rings is 1. The Hall–Kier alpha value is -1.85. The van der Waals surface area contributed by atoms with Crippen LogP contribution >= 0.6 is 0 Å². The van der Waals surface area contributed by atoms with Crippen molar-refractivity contribution < 1.29 is 9.59 Å². The Morgan fingerprint density at radius 2 is 2.00 bits per heavy atom. The van der Waals surface area contributed by atoms with Crippen molar-refractivity contribution in [2.75, 3.05) is 26.2 Å². The number of hydrogen-bond donors (Lipinski definition) is 0. The fraction of sp³-hybridized carbons (Fsp3) is 0.545. The summed E-state index contributed by atoms with van der Waals surface area (Å²) in [6, 6.07) is 0. The maximum absolute atomic E-state index is 12.2. The van der Waals surface area contributed by atoms with Gasteiger partial charge in [-0.15, -0.1) is 0 Å². The van der Waals surface area contributed by atoms with Crippen LogP contribution in [0.2, 0.25) is 0 Å². The van der Waals surface area contributed by atoms with Crippen molar-refractivity contribution in [2.24, 2.45) is 7.05 Å². The second-order valence-electron chi connectivity index (χ2n) is 4.24. The van der Waals surface area contributed by atoms with Crippen LogP contribution in [0.25, 0.3) is 0 Å². The maximum atomic E-state index is 12.2. The maximum Gasteiger partial charge on any atom is 0.257 e. The summed E-state index contributed by atoms with van der Waals surface area (Å²) in [6.07, 6.45) is 2.57. The molecule has 0 atom stereocenters. The van der Waals surface area contributed by atoms with Gasteiger partial charge in [-0.2, -0.15) is 5.10 Å². The summed E-state index contributed by atoms with van der Waals surface area (Å²) in [5.74, 6) is 0.00106. The number of amides is 2. The molecule has 1 saturated heterocycles. The highest BCUT2D eigenvalue weighted by atomic mass is 16.2. The molecule has 0 unspecified atom stereocenters. The number of carbonyl (C=O) groups is 2. The molecule has 6 heteroatoms. The summed E-state index contributed by atoms with van der Waals surface area (Å²) < 4.78 is 1.64. The molecule has 2 heterocycles. The third kappa shape index (κ3) is 2.30. The molecule has 0 aliphatic carbocycles. The summed E-state index contributed by atoms with van der Waals surface area (Å²) in [4.78, 5) is 26.2. The minimum absolute atomic E-state index is 0.00106. The van der Waals surface area contributed by atoms with E-state index in [2.05, 4.69) is 5.10 Å². The fourth-order valence-corrected chi connectivity index (χ4v) is 2.01. The van der Waals surface area contributed by atoms with Crippen molar-refractivity contribution in [2.45, 2.75) is 6.92 Å². The second kappa shape index (κ2) is 4.57. The molecular formula is C11H16N4O2. The predicted octanol–water partition coefficient (Wildman–Crippen LogP) is -0.357. The molecule has 1 aromatic heterocycles. The van der Waals surface area contributed by atoms with E-state index in [-0.39, 0.29) is 5.91 Å². The van der Waals surface area contributed by atoms with E-state index in [0.717, 1.165) is 12.1 Å². The SMILES string of the molecule is Cc1nn(C)cc1C(=O)N1CCN(C=O)CC1. The Morgan fingerprint density at radius 1 is 1.35 bits per heavy atom. The van der Waals surface area contributed by atoms with Crippen molar-refractivity contribution in [3.8, 4) is 0 Å². The van der Waals surface area contributed by atoms with Gasteiger partial charge in [-0.25, -0.2) is 0 Å². The highest BCUT2D eigenvalue weighted by Crippen LogP contribution is 2.10. The van der Waals surface area contributed by atoms with Crippen LogP contribution in [-0.2, 0) is 11.8 Å². The Morgan fingerprint density at radius 3 is 2.47 bits per heavy atom. The number of carbonyl (C=O) groups excluding carboxylic acids is 2. The van der Waals surface area contributed by atoms with Gasteiger partial charge in [0.25, 0.3) is 5.91 Å². The lowest BCUT2D eigenvalue weighted by Gasteiger charge is -2.32. The predicted molar refractivity (Wildman–Crippen MR) is 61.5 cm³/mol. The number of hydrogen-bond acceptors (Lipinski definition) is 3. The molecule has 1 aliphatic rings. The molecule has 1 fully saturated rings. The molecular weight excluding hydrogens is 220 g/mol. The first-order chi connectivity index (χ1) is 8.11. The summed E-state index contributed by atoms with van der Waals surface area (Å²) in [5.41, 5.74) is 1.39. The molecule has 2 amide bonds. The van der Waals surface area contributed by atoms with E-state index >= 15 is 0 Å². The molecule has 1 aromatic rings. The Kier molecular flexibility index (Phi) is 3.12. The van der Waals surface area contributed by atoms with Crippen LogP contribution in [0.15, 0.2) is 6.20 Å². The van der Waals surface area contributed by atoms with Crippen molar-refractivity contribution >= 4 is 12.3 Å². The van der Waals surface area contributed by atoms with Crippen LogP contribution < -0.4 is 0 Å². The topological polar surface area (TPSA) is 58.4 Å². The zero-order valence-electron chi connectivity index (χ0n) is 10.1. The van der Waals surface area contributed by atoms with E-state index in [1.165, 1.54) is 0 Å². The van der Waals surface area contributed by atoms with Gasteiger partial charge in [0, 0.05) is 39.4 Å². The van der Waals surface area contributed by atoms with Gasteiger partial charge < -0.3 is 9.80 Å². The van der Waals surface area contributed by atoms with E-state index in [9.17, 15) is 9.59 Å². The first kappa shape index (κ1) is 11.6. The molecule has 0 saturated carbocycles. The van der Waals surface area contributed by atoms with E-state index < -0.39 is 0 Å². The first-order valence-electron chi connectivity index (χ1n) is 5.60. The number of aryl methyl sites for hydroxylation is 2. The van der Waals surface area contributed by atoms with Gasteiger partial charge in [0.05, 0.1) is 11.3 Å². The fourth-order valence-electron chi connectivity index (χ4n) is 2.01. The molecule has 92 valence electrons. The minimum Gasteiger partial charge on any atom is -0.342 e. The Balaban J connectivity index is 2.06. The van der Waals surface area contributed by atoms with Gasteiger partial charge in [0.15, 0.2) is 0 Å². The highest BCUT2D eigenvalue weighted by Gasteiger charge is 2.23. The van der Waals surface area contributed by atoms with Gasteiger partial charge in [-0.3, -0.25) is 14.3 Å². The summed E-state index contributed by atoms with van der Waals surface area (Å²) >= 11 is 0. The monoisotopic (exact) mass is 236 g/mol. The lowest BCUT2D eigenvalue weighted by molar-refractivity contribution is -0.119. The van der Waals surface area contributed by atoms with Gasteiger partial charge in [-0.05, 0) is 6.92 Å². The van der Waals surface area contributed by atoms with E-state index in [1.807, 2.05) is 6.92 Å². The van der Waals surface area contributed by atoms with Crippen molar-refractivity contribution in [3.05, 3.63) is 17.5 Å². The van der Waals surface area contributed by atoms with Gasteiger partial charge in [0.1, 0.15) is 0 Å². The molecule has 0 N–H and O–H groups in total. The van der Waals surface area contributed by atoms with Crippen LogP contribution in [0, 0.1) is 6.92 Å². The Bertz CT molecular complexity index is 433. The average Bonchev–Trinajstić information content (AvgIpc) is 2.68. The van der Waals surface area contributed by atoms with Gasteiger partial charge >= 0.3 is 0 Å². The third-order valence-corrected chi connectivity index (χ3v) is 2.99. The lowest BCUT2D eigenvalue weighted by Crippen LogP contribution is -2.48. The van der Waals surface area contributed by atoms with Gasteiger partial charge in [-0.1, -0.05) is 0 Å². The van der Waals surface area contributed by atoms with E-state index in [1.54, 1.807) is 27.7 Å². The summed E-state index contributed by atoms with van der Waals surface area (Å²) in [6.45, 7) is 4.22. The molecule has 0 radical (unpaired) electrons. The summed E-state index contributed by atoms with van der Waals surface area (Å²) in [5, 5.41) is 4.16. The van der Waals surface area contributed by atoms with Crippen LogP contribution in [0.5, 0.6) is 0 Å². The van der Waals surface area contributed by atoms with Crippen LogP contribution in [-0.4, -0.2) is 58.1 Å². The van der Waals surface area contributed by atoms with Crippen LogP contribution in [0.4, 0.5) is 0 Å². The lowest BCUT2D eigenvalue weighted by atomic mass is 10.2. The average molecular weight is 236 g/mol. The molecule has 0 spiro atoms. The van der Waals surface area contributed by atoms with Crippen molar-refractivity contribution in [1.29, 1.82) is 0 Å².